The minimum atomic E-state index is -0.421. The molecule has 1 aliphatic heterocycles. The smallest absolute Gasteiger partial charge is 0.265 e. The van der Waals surface area contributed by atoms with Gasteiger partial charge in [0.05, 0.1) is 5.69 Å². The van der Waals surface area contributed by atoms with Crippen LogP contribution in [0.25, 0.3) is 0 Å². The summed E-state index contributed by atoms with van der Waals surface area (Å²) >= 11 is 0. The molecule has 0 saturated heterocycles. The van der Waals surface area contributed by atoms with E-state index >= 15 is 0 Å². The Hall–Kier alpha value is -1.71. The molecule has 2 atom stereocenters. The van der Waals surface area contributed by atoms with Gasteiger partial charge in [-0.1, -0.05) is 20.3 Å². The molecule has 1 aromatic rings. The molecule has 1 heterocycles. The maximum Gasteiger partial charge on any atom is 0.265 e. The zero-order valence-corrected chi connectivity index (χ0v) is 11.8. The van der Waals surface area contributed by atoms with E-state index in [0.29, 0.717) is 6.04 Å². The van der Waals surface area contributed by atoms with Crippen LogP contribution >= 0.6 is 0 Å². The van der Waals surface area contributed by atoms with Gasteiger partial charge in [-0.15, -0.1) is 0 Å². The molecule has 0 saturated carbocycles. The minimum absolute atomic E-state index is 0.0924. The van der Waals surface area contributed by atoms with Gasteiger partial charge in [0.1, 0.15) is 5.75 Å². The van der Waals surface area contributed by atoms with Crippen LogP contribution in [0.5, 0.6) is 5.75 Å². The molecule has 4 nitrogen and oxygen atoms in total. The van der Waals surface area contributed by atoms with E-state index in [1.165, 1.54) is 0 Å². The first-order chi connectivity index (χ1) is 9.13. The molecule has 0 aromatic heterocycles. The van der Waals surface area contributed by atoms with Crippen molar-refractivity contribution in [2.75, 3.05) is 10.6 Å². The fraction of sp³-hybridized carbons (Fsp3) is 0.533. The van der Waals surface area contributed by atoms with Crippen LogP contribution in [0.1, 0.15) is 40.0 Å². The summed E-state index contributed by atoms with van der Waals surface area (Å²) in [6, 6.07) is 6.33. The summed E-state index contributed by atoms with van der Waals surface area (Å²) in [5.74, 6) is 0.645. The standard InChI is InChI=1S/C15H22N2O2/c1-4-6-11(5-2)16-12-7-8-14-13(9-12)17-15(18)10(3)19-14/h7-11,16H,4-6H2,1-3H3,(H,17,18). The van der Waals surface area contributed by atoms with Crippen LogP contribution in [0.2, 0.25) is 0 Å². The summed E-state index contributed by atoms with van der Waals surface area (Å²) in [6.45, 7) is 6.11. The fourth-order valence-corrected chi connectivity index (χ4v) is 2.26. The Morgan fingerprint density at radius 3 is 2.89 bits per heavy atom. The largest absolute Gasteiger partial charge is 0.479 e. The average molecular weight is 262 g/mol. The van der Waals surface area contributed by atoms with Crippen molar-refractivity contribution in [2.45, 2.75) is 52.2 Å². The predicted octanol–water partition coefficient (Wildman–Crippen LogP) is 3.40. The second-order valence-electron chi connectivity index (χ2n) is 5.00. The zero-order chi connectivity index (χ0) is 13.8. The van der Waals surface area contributed by atoms with Crippen LogP contribution in [0.15, 0.2) is 18.2 Å². The Labute approximate surface area is 114 Å². The van der Waals surface area contributed by atoms with E-state index in [2.05, 4.69) is 24.5 Å². The lowest BCUT2D eigenvalue weighted by Gasteiger charge is -2.25. The van der Waals surface area contributed by atoms with Crippen LogP contribution in [0.3, 0.4) is 0 Å². The Kier molecular flexibility index (Phi) is 4.30. The molecular formula is C15H22N2O2. The second-order valence-corrected chi connectivity index (χ2v) is 5.00. The van der Waals surface area contributed by atoms with Crippen molar-refractivity contribution in [3.05, 3.63) is 18.2 Å². The van der Waals surface area contributed by atoms with E-state index in [0.717, 1.165) is 36.4 Å². The number of fused-ring (bicyclic) bond motifs is 1. The molecule has 1 aromatic carbocycles. The molecule has 0 aliphatic carbocycles. The summed E-state index contributed by atoms with van der Waals surface area (Å²) in [5, 5.41) is 6.37. The predicted molar refractivity (Wildman–Crippen MR) is 77.8 cm³/mol. The van der Waals surface area contributed by atoms with Crippen LogP contribution in [-0.2, 0) is 4.79 Å². The maximum absolute atomic E-state index is 11.6. The highest BCUT2D eigenvalue weighted by Gasteiger charge is 2.23. The summed E-state index contributed by atoms with van der Waals surface area (Å²) in [6.07, 6.45) is 2.97. The van der Waals surface area contributed by atoms with Crippen LogP contribution < -0.4 is 15.4 Å². The molecule has 0 bridgehead atoms. The van der Waals surface area contributed by atoms with Crippen LogP contribution in [-0.4, -0.2) is 18.1 Å². The number of ether oxygens (including phenoxy) is 1. The SMILES string of the molecule is CCCC(CC)Nc1ccc2c(c1)NC(=O)C(C)O2. The van der Waals surface area contributed by atoms with Crippen molar-refractivity contribution in [2.24, 2.45) is 0 Å². The summed E-state index contributed by atoms with van der Waals surface area (Å²) < 4.78 is 5.54. The topological polar surface area (TPSA) is 50.4 Å². The number of nitrogens with one attached hydrogen (secondary N) is 2. The first kappa shape index (κ1) is 13.7. The van der Waals surface area contributed by atoms with Crippen molar-refractivity contribution in [1.29, 1.82) is 0 Å². The van der Waals surface area contributed by atoms with E-state index in [4.69, 9.17) is 4.74 Å². The second kappa shape index (κ2) is 5.95. The highest BCUT2D eigenvalue weighted by atomic mass is 16.5. The summed E-state index contributed by atoms with van der Waals surface area (Å²) in [5.41, 5.74) is 1.77. The number of anilines is 2. The quantitative estimate of drug-likeness (QED) is 0.855. The van der Waals surface area contributed by atoms with E-state index < -0.39 is 6.10 Å². The van der Waals surface area contributed by atoms with Gasteiger partial charge in [-0.3, -0.25) is 4.79 Å². The number of rotatable bonds is 5. The highest BCUT2D eigenvalue weighted by Crippen LogP contribution is 2.32. The highest BCUT2D eigenvalue weighted by molar-refractivity contribution is 5.98. The van der Waals surface area contributed by atoms with Gasteiger partial charge in [-0.2, -0.15) is 0 Å². The first-order valence-corrected chi connectivity index (χ1v) is 7.02. The van der Waals surface area contributed by atoms with E-state index in [1.807, 2.05) is 18.2 Å². The number of amides is 1. The normalized spacial score (nSPS) is 19.1. The van der Waals surface area contributed by atoms with Crippen molar-refractivity contribution in [1.82, 2.24) is 0 Å². The molecule has 2 unspecified atom stereocenters. The molecule has 0 radical (unpaired) electrons. The average Bonchev–Trinajstić information content (AvgIpc) is 2.40. The Morgan fingerprint density at radius 1 is 1.42 bits per heavy atom. The molecule has 1 amide bonds. The molecule has 2 rings (SSSR count). The number of hydrogen-bond acceptors (Lipinski definition) is 3. The molecule has 2 N–H and O–H groups in total. The Balaban J connectivity index is 2.12. The Bertz CT molecular complexity index is 459. The molecule has 19 heavy (non-hydrogen) atoms. The van der Waals surface area contributed by atoms with Crippen molar-refractivity contribution in [3.8, 4) is 5.75 Å². The summed E-state index contributed by atoms with van der Waals surface area (Å²) in [7, 11) is 0. The van der Waals surface area contributed by atoms with E-state index in [9.17, 15) is 4.79 Å². The third kappa shape index (κ3) is 3.19. The molecule has 0 spiro atoms. The summed E-state index contributed by atoms with van der Waals surface area (Å²) in [4.78, 5) is 11.6. The van der Waals surface area contributed by atoms with Gasteiger partial charge >= 0.3 is 0 Å². The molecule has 0 fully saturated rings. The minimum Gasteiger partial charge on any atom is -0.479 e. The molecular weight excluding hydrogens is 240 g/mol. The van der Waals surface area contributed by atoms with E-state index in [-0.39, 0.29) is 5.91 Å². The third-order valence-electron chi connectivity index (χ3n) is 3.41. The van der Waals surface area contributed by atoms with Gasteiger partial charge in [0, 0.05) is 11.7 Å². The number of benzene rings is 1. The van der Waals surface area contributed by atoms with Gasteiger partial charge in [0.15, 0.2) is 6.10 Å². The molecule has 1 aliphatic rings. The van der Waals surface area contributed by atoms with Crippen LogP contribution in [0, 0.1) is 0 Å². The van der Waals surface area contributed by atoms with Gasteiger partial charge < -0.3 is 15.4 Å². The van der Waals surface area contributed by atoms with Gasteiger partial charge in [0.2, 0.25) is 0 Å². The maximum atomic E-state index is 11.6. The molecule has 4 heteroatoms. The lowest BCUT2D eigenvalue weighted by molar-refractivity contribution is -0.122. The lowest BCUT2D eigenvalue weighted by atomic mass is 10.1. The van der Waals surface area contributed by atoms with E-state index in [1.54, 1.807) is 6.92 Å². The van der Waals surface area contributed by atoms with Crippen molar-refractivity contribution < 1.29 is 9.53 Å². The van der Waals surface area contributed by atoms with Crippen molar-refractivity contribution in [3.63, 3.8) is 0 Å². The van der Waals surface area contributed by atoms with Crippen molar-refractivity contribution >= 4 is 17.3 Å². The number of hydrogen-bond donors (Lipinski definition) is 2. The molecule has 104 valence electrons. The van der Waals surface area contributed by atoms with Gasteiger partial charge in [0.25, 0.3) is 5.91 Å². The Morgan fingerprint density at radius 2 is 2.21 bits per heavy atom. The zero-order valence-electron chi connectivity index (χ0n) is 11.8. The first-order valence-electron chi connectivity index (χ1n) is 7.02. The van der Waals surface area contributed by atoms with Gasteiger partial charge in [-0.05, 0) is 38.0 Å². The monoisotopic (exact) mass is 262 g/mol. The number of carbonyl (C=O) groups excluding carboxylic acids is 1. The third-order valence-corrected chi connectivity index (χ3v) is 3.41. The fourth-order valence-electron chi connectivity index (χ4n) is 2.26. The number of carbonyl (C=O) groups is 1. The lowest BCUT2D eigenvalue weighted by Crippen LogP contribution is -2.34. The van der Waals surface area contributed by atoms with Gasteiger partial charge in [-0.25, -0.2) is 0 Å². The van der Waals surface area contributed by atoms with Crippen LogP contribution in [0.4, 0.5) is 11.4 Å².